The van der Waals surface area contributed by atoms with Crippen molar-refractivity contribution < 1.29 is 4.39 Å². The predicted octanol–water partition coefficient (Wildman–Crippen LogP) is 3.64. The Morgan fingerprint density at radius 3 is 2.74 bits per heavy atom. The Bertz CT molecular complexity index is 818. The fraction of sp³-hybridized carbons (Fsp3) is 0.389. The standard InChI is InChI=1S/C18H23FN4/c1-12-7-13(2)23(21-12)10-14(3)22(4)11-17-9-15-8-16(19)5-6-18(15)20-17/h5-9,14,20H,10-11H2,1-4H3/t14-/m1/s1. The highest BCUT2D eigenvalue weighted by Crippen LogP contribution is 2.18. The Morgan fingerprint density at radius 2 is 2.04 bits per heavy atom. The summed E-state index contributed by atoms with van der Waals surface area (Å²) in [6, 6.07) is 9.29. The molecule has 23 heavy (non-hydrogen) atoms. The number of hydrogen-bond acceptors (Lipinski definition) is 2. The van der Waals surface area contributed by atoms with Crippen molar-refractivity contribution in [2.45, 2.75) is 39.9 Å². The van der Waals surface area contributed by atoms with Crippen molar-refractivity contribution >= 4 is 10.9 Å². The van der Waals surface area contributed by atoms with Gasteiger partial charge in [-0.1, -0.05) is 0 Å². The molecule has 1 atom stereocenters. The molecule has 2 heterocycles. The predicted molar refractivity (Wildman–Crippen MR) is 90.9 cm³/mol. The number of aromatic amines is 1. The fourth-order valence-corrected chi connectivity index (χ4v) is 2.92. The van der Waals surface area contributed by atoms with Crippen LogP contribution in [0.15, 0.2) is 30.3 Å². The Balaban J connectivity index is 1.69. The van der Waals surface area contributed by atoms with E-state index in [0.29, 0.717) is 6.04 Å². The van der Waals surface area contributed by atoms with Gasteiger partial charge in [0.25, 0.3) is 0 Å². The van der Waals surface area contributed by atoms with Crippen LogP contribution in [0.5, 0.6) is 0 Å². The summed E-state index contributed by atoms with van der Waals surface area (Å²) >= 11 is 0. The molecule has 1 aromatic carbocycles. The Kier molecular flexibility index (Phi) is 4.22. The minimum Gasteiger partial charge on any atom is -0.357 e. The second-order valence-corrected chi connectivity index (χ2v) is 6.40. The smallest absolute Gasteiger partial charge is 0.123 e. The molecule has 0 amide bonds. The first-order chi connectivity index (χ1) is 10.9. The molecule has 4 nitrogen and oxygen atoms in total. The molecule has 0 saturated heterocycles. The van der Waals surface area contributed by atoms with Gasteiger partial charge in [-0.2, -0.15) is 5.10 Å². The molecule has 3 rings (SSSR count). The van der Waals surface area contributed by atoms with E-state index in [1.807, 2.05) is 13.0 Å². The molecule has 122 valence electrons. The lowest BCUT2D eigenvalue weighted by Crippen LogP contribution is -2.33. The third kappa shape index (κ3) is 3.45. The minimum absolute atomic E-state index is 0.200. The monoisotopic (exact) mass is 314 g/mol. The van der Waals surface area contributed by atoms with Crippen molar-refractivity contribution in [3.8, 4) is 0 Å². The van der Waals surface area contributed by atoms with Crippen molar-refractivity contribution in [2.75, 3.05) is 7.05 Å². The number of aromatic nitrogens is 3. The van der Waals surface area contributed by atoms with Crippen molar-refractivity contribution in [1.29, 1.82) is 0 Å². The first kappa shape index (κ1) is 15.7. The molecule has 0 radical (unpaired) electrons. The number of H-pyrrole nitrogens is 1. The summed E-state index contributed by atoms with van der Waals surface area (Å²) in [5.74, 6) is -0.200. The number of hydrogen-bond donors (Lipinski definition) is 1. The van der Waals surface area contributed by atoms with Crippen LogP contribution in [0.25, 0.3) is 10.9 Å². The topological polar surface area (TPSA) is 36.9 Å². The Labute approximate surface area is 135 Å². The first-order valence-corrected chi connectivity index (χ1v) is 7.91. The van der Waals surface area contributed by atoms with Crippen LogP contribution >= 0.6 is 0 Å². The number of benzene rings is 1. The lowest BCUT2D eigenvalue weighted by atomic mass is 10.2. The quantitative estimate of drug-likeness (QED) is 0.780. The highest BCUT2D eigenvalue weighted by molar-refractivity contribution is 5.80. The molecule has 0 spiro atoms. The van der Waals surface area contributed by atoms with Crippen molar-refractivity contribution in [1.82, 2.24) is 19.7 Å². The maximum absolute atomic E-state index is 13.3. The van der Waals surface area contributed by atoms with Gasteiger partial charge in [-0.15, -0.1) is 0 Å². The van der Waals surface area contributed by atoms with Gasteiger partial charge in [-0.3, -0.25) is 9.58 Å². The number of fused-ring (bicyclic) bond motifs is 1. The molecule has 0 saturated carbocycles. The van der Waals surface area contributed by atoms with Gasteiger partial charge >= 0.3 is 0 Å². The van der Waals surface area contributed by atoms with Crippen LogP contribution in [0.2, 0.25) is 0 Å². The van der Waals surface area contributed by atoms with E-state index in [9.17, 15) is 4.39 Å². The van der Waals surface area contributed by atoms with E-state index in [0.717, 1.165) is 35.4 Å². The zero-order valence-corrected chi connectivity index (χ0v) is 14.1. The zero-order valence-electron chi connectivity index (χ0n) is 14.1. The van der Waals surface area contributed by atoms with Crippen LogP contribution < -0.4 is 0 Å². The number of rotatable bonds is 5. The van der Waals surface area contributed by atoms with Crippen molar-refractivity contribution in [3.05, 3.63) is 53.2 Å². The molecule has 3 aromatic rings. The van der Waals surface area contributed by atoms with Gasteiger partial charge in [-0.05, 0) is 58.2 Å². The highest BCUT2D eigenvalue weighted by atomic mass is 19.1. The Hall–Kier alpha value is -2.14. The van der Waals surface area contributed by atoms with Crippen LogP contribution in [0, 0.1) is 19.7 Å². The molecule has 0 aliphatic carbocycles. The van der Waals surface area contributed by atoms with E-state index in [-0.39, 0.29) is 5.82 Å². The van der Waals surface area contributed by atoms with Crippen molar-refractivity contribution in [2.24, 2.45) is 0 Å². The van der Waals surface area contributed by atoms with Gasteiger partial charge in [0.15, 0.2) is 0 Å². The third-order valence-electron chi connectivity index (χ3n) is 4.35. The van der Waals surface area contributed by atoms with E-state index < -0.39 is 0 Å². The van der Waals surface area contributed by atoms with Gasteiger partial charge < -0.3 is 4.98 Å². The molecular weight excluding hydrogens is 291 g/mol. The van der Waals surface area contributed by atoms with E-state index in [1.165, 1.54) is 11.8 Å². The summed E-state index contributed by atoms with van der Waals surface area (Å²) in [4.78, 5) is 5.63. The van der Waals surface area contributed by atoms with E-state index in [4.69, 9.17) is 0 Å². The lowest BCUT2D eigenvalue weighted by molar-refractivity contribution is 0.218. The fourth-order valence-electron chi connectivity index (χ4n) is 2.92. The summed E-state index contributed by atoms with van der Waals surface area (Å²) in [7, 11) is 2.10. The molecule has 0 fully saturated rings. The summed E-state index contributed by atoms with van der Waals surface area (Å²) < 4.78 is 15.3. The van der Waals surface area contributed by atoms with Crippen LogP contribution in [-0.4, -0.2) is 32.8 Å². The van der Waals surface area contributed by atoms with Crippen LogP contribution in [0.4, 0.5) is 4.39 Å². The normalized spacial score (nSPS) is 13.1. The average molecular weight is 314 g/mol. The zero-order chi connectivity index (χ0) is 16.6. The van der Waals surface area contributed by atoms with Crippen LogP contribution in [-0.2, 0) is 13.1 Å². The van der Waals surface area contributed by atoms with Gasteiger partial charge in [0.1, 0.15) is 5.82 Å². The Morgan fingerprint density at radius 1 is 1.26 bits per heavy atom. The molecule has 0 unspecified atom stereocenters. The summed E-state index contributed by atoms with van der Waals surface area (Å²) in [5, 5.41) is 5.44. The number of likely N-dealkylation sites (N-methyl/N-ethyl adjacent to an activating group) is 1. The lowest BCUT2D eigenvalue weighted by Gasteiger charge is -2.24. The first-order valence-electron chi connectivity index (χ1n) is 7.91. The second kappa shape index (κ2) is 6.16. The number of aryl methyl sites for hydroxylation is 2. The molecule has 1 N–H and O–H groups in total. The minimum atomic E-state index is -0.200. The number of nitrogens with one attached hydrogen (secondary N) is 1. The van der Waals surface area contributed by atoms with Gasteiger partial charge in [0, 0.05) is 34.9 Å². The molecule has 0 aliphatic heterocycles. The summed E-state index contributed by atoms with van der Waals surface area (Å²) in [6.07, 6.45) is 0. The maximum Gasteiger partial charge on any atom is 0.123 e. The number of halogens is 1. The van der Waals surface area contributed by atoms with Gasteiger partial charge in [0.05, 0.1) is 12.2 Å². The van der Waals surface area contributed by atoms with Gasteiger partial charge in [-0.25, -0.2) is 4.39 Å². The van der Waals surface area contributed by atoms with E-state index >= 15 is 0 Å². The third-order valence-corrected chi connectivity index (χ3v) is 4.35. The molecule has 0 bridgehead atoms. The highest BCUT2D eigenvalue weighted by Gasteiger charge is 2.13. The molecular formula is C18H23FN4. The molecule has 5 heteroatoms. The van der Waals surface area contributed by atoms with E-state index in [2.05, 4.69) is 46.6 Å². The SMILES string of the molecule is Cc1cc(C)n(C[C@@H](C)N(C)Cc2cc3cc(F)ccc3[nH]2)n1. The van der Waals surface area contributed by atoms with Crippen LogP contribution in [0.3, 0.4) is 0 Å². The largest absolute Gasteiger partial charge is 0.357 e. The summed E-state index contributed by atoms with van der Waals surface area (Å²) in [6.45, 7) is 7.93. The molecule has 2 aromatic heterocycles. The van der Waals surface area contributed by atoms with Gasteiger partial charge in [0.2, 0.25) is 0 Å². The second-order valence-electron chi connectivity index (χ2n) is 6.40. The summed E-state index contributed by atoms with van der Waals surface area (Å²) in [5.41, 5.74) is 4.30. The number of nitrogens with zero attached hydrogens (tertiary/aromatic N) is 3. The van der Waals surface area contributed by atoms with Crippen LogP contribution in [0.1, 0.15) is 24.0 Å². The average Bonchev–Trinajstić information content (AvgIpc) is 3.00. The maximum atomic E-state index is 13.3. The van der Waals surface area contributed by atoms with Crippen molar-refractivity contribution in [3.63, 3.8) is 0 Å². The van der Waals surface area contributed by atoms with E-state index in [1.54, 1.807) is 12.1 Å². The molecule has 0 aliphatic rings.